The van der Waals surface area contributed by atoms with Crippen molar-refractivity contribution in [1.29, 1.82) is 5.26 Å². The Morgan fingerprint density at radius 1 is 1.67 bits per heavy atom. The van der Waals surface area contributed by atoms with E-state index in [1.165, 1.54) is 12.3 Å². The van der Waals surface area contributed by atoms with E-state index in [4.69, 9.17) is 5.26 Å². The van der Waals surface area contributed by atoms with Crippen molar-refractivity contribution >= 4 is 12.0 Å². The molecule has 0 aliphatic carbocycles. The minimum Gasteiger partial charge on any atom is -0.294 e. The van der Waals surface area contributed by atoms with Crippen molar-refractivity contribution in [3.05, 3.63) is 12.3 Å². The molecule has 46 valence electrons. The molecular weight excluding hydrogens is 116 g/mol. The number of aliphatic imine (C=N–C) groups is 1. The van der Waals surface area contributed by atoms with Crippen molar-refractivity contribution in [3.63, 3.8) is 0 Å². The maximum absolute atomic E-state index is 10.3. The van der Waals surface area contributed by atoms with Crippen molar-refractivity contribution in [3.8, 4) is 6.57 Å². The van der Waals surface area contributed by atoms with Crippen LogP contribution in [0.2, 0.25) is 0 Å². The number of hydrogen-bond donors (Lipinski definition) is 0. The zero-order chi connectivity index (χ0) is 7.11. The van der Waals surface area contributed by atoms with E-state index in [0.29, 0.717) is 6.42 Å². The number of ketones is 1. The van der Waals surface area contributed by atoms with Gasteiger partial charge in [-0.2, -0.15) is 0 Å². The average molecular weight is 122 g/mol. The summed E-state index contributed by atoms with van der Waals surface area (Å²) in [5.74, 6) is 0.134. The van der Waals surface area contributed by atoms with Crippen LogP contribution in [0, 0.1) is 11.8 Å². The summed E-state index contributed by atoms with van der Waals surface area (Å²) in [6, 6.07) is 0. The molecule has 0 fully saturated rings. The van der Waals surface area contributed by atoms with Crippen LogP contribution in [0.25, 0.3) is 0 Å². The van der Waals surface area contributed by atoms with E-state index in [1.807, 2.05) is 0 Å². The molecule has 0 aromatic rings. The van der Waals surface area contributed by atoms with Crippen molar-refractivity contribution in [2.24, 2.45) is 4.99 Å². The van der Waals surface area contributed by atoms with Crippen LogP contribution in [0.3, 0.4) is 0 Å². The zero-order valence-corrected chi connectivity index (χ0v) is 4.82. The Balaban J connectivity index is 0.000000291. The second kappa shape index (κ2) is 4.72. The van der Waals surface area contributed by atoms with E-state index in [-0.39, 0.29) is 5.78 Å². The van der Waals surface area contributed by atoms with Crippen LogP contribution in [0.4, 0.5) is 0 Å². The molecule has 0 atom stereocenters. The van der Waals surface area contributed by atoms with Gasteiger partial charge in [-0.05, 0) is 6.08 Å². The first-order valence-electron chi connectivity index (χ1n) is 2.36. The number of rotatable bonds is 0. The molecule has 0 unspecified atom stereocenters. The lowest BCUT2D eigenvalue weighted by molar-refractivity contribution is -0.113. The molecule has 1 heterocycles. The summed E-state index contributed by atoms with van der Waals surface area (Å²) in [7, 11) is 0. The predicted molar refractivity (Wildman–Crippen MR) is 33.9 cm³/mol. The van der Waals surface area contributed by atoms with Gasteiger partial charge in [0.25, 0.3) is 0 Å². The Kier molecular flexibility index (Phi) is 3.97. The van der Waals surface area contributed by atoms with Crippen LogP contribution in [0.1, 0.15) is 6.42 Å². The first kappa shape index (κ1) is 7.57. The number of nitrogens with zero attached hydrogens (tertiary/aromatic N) is 2. The Morgan fingerprint density at radius 3 is 2.56 bits per heavy atom. The van der Waals surface area contributed by atoms with E-state index in [9.17, 15) is 4.79 Å². The molecule has 0 N–H and O–H groups in total. The van der Waals surface area contributed by atoms with Gasteiger partial charge in [-0.25, -0.2) is 5.26 Å². The summed E-state index contributed by atoms with van der Waals surface area (Å²) in [4.78, 5) is 14.0. The number of carbonyl (C=O) groups is 1. The molecule has 0 amide bonds. The second-order valence-electron chi connectivity index (χ2n) is 1.32. The number of allylic oxidation sites excluding steroid dienone is 1. The molecule has 0 saturated heterocycles. The molecule has 9 heavy (non-hydrogen) atoms. The third kappa shape index (κ3) is 3.18. The summed E-state index contributed by atoms with van der Waals surface area (Å²) in [5.41, 5.74) is 0. The lowest BCUT2D eigenvalue weighted by atomic mass is 10.3. The molecule has 1 rings (SSSR count). The lowest BCUT2D eigenvalue weighted by Crippen LogP contribution is -1.95. The summed E-state index contributed by atoms with van der Waals surface area (Å²) in [5, 5.41) is 6.50. The topological polar surface area (TPSA) is 53.2 Å². The minimum atomic E-state index is 0.134. The van der Waals surface area contributed by atoms with Crippen molar-refractivity contribution < 1.29 is 4.79 Å². The van der Waals surface area contributed by atoms with Crippen LogP contribution < -0.4 is 0 Å². The van der Waals surface area contributed by atoms with Gasteiger partial charge in [0.15, 0.2) is 5.78 Å². The van der Waals surface area contributed by atoms with Gasteiger partial charge in [0.1, 0.15) is 0 Å². The van der Waals surface area contributed by atoms with Gasteiger partial charge in [0.05, 0.1) is 0 Å². The predicted octanol–water partition coefficient (Wildman–Crippen LogP) is 0.683. The third-order valence-electron chi connectivity index (χ3n) is 0.744. The fourth-order valence-electron chi connectivity index (χ4n) is 0.398. The molecule has 1 aliphatic rings. The monoisotopic (exact) mass is 122 g/mol. The highest BCUT2D eigenvalue weighted by molar-refractivity contribution is 6.00. The van der Waals surface area contributed by atoms with Gasteiger partial charge in [-0.1, -0.05) is 0 Å². The van der Waals surface area contributed by atoms with Gasteiger partial charge < -0.3 is 0 Å². The van der Waals surface area contributed by atoms with Crippen LogP contribution in [-0.2, 0) is 4.79 Å². The smallest absolute Gasteiger partial charge is 0.162 e. The Morgan fingerprint density at radius 2 is 2.33 bits per heavy atom. The maximum atomic E-state index is 10.3. The molecule has 3 nitrogen and oxygen atoms in total. The highest BCUT2D eigenvalue weighted by Gasteiger charge is 1.93. The van der Waals surface area contributed by atoms with Gasteiger partial charge in [-0.15, -0.1) is 0 Å². The first-order chi connectivity index (χ1) is 4.39. The quantitative estimate of drug-likeness (QED) is 0.474. The van der Waals surface area contributed by atoms with E-state index in [1.54, 1.807) is 6.21 Å². The molecule has 0 saturated carbocycles. The normalized spacial score (nSPS) is 14.2. The molecule has 0 aromatic carbocycles. The highest BCUT2D eigenvalue weighted by Crippen LogP contribution is 1.88. The average Bonchev–Trinajstić information content (AvgIpc) is 1.94. The van der Waals surface area contributed by atoms with Crippen molar-refractivity contribution in [2.75, 3.05) is 0 Å². The SMILES string of the molecule is C#N.O=C1C=CN=CC1. The number of nitriles is 1. The molecular formula is C6H6N2O. The molecule has 3 heteroatoms. The molecule has 0 aromatic heterocycles. The minimum absolute atomic E-state index is 0.134. The second-order valence-corrected chi connectivity index (χ2v) is 1.32. The van der Waals surface area contributed by atoms with E-state index >= 15 is 0 Å². The fourth-order valence-corrected chi connectivity index (χ4v) is 0.398. The maximum Gasteiger partial charge on any atom is 0.162 e. The van der Waals surface area contributed by atoms with Crippen LogP contribution in [0.5, 0.6) is 0 Å². The first-order valence-corrected chi connectivity index (χ1v) is 2.36. The Hall–Kier alpha value is -1.43. The molecule has 0 bridgehead atoms. The largest absolute Gasteiger partial charge is 0.294 e. The van der Waals surface area contributed by atoms with Crippen LogP contribution >= 0.6 is 0 Å². The van der Waals surface area contributed by atoms with Crippen molar-refractivity contribution in [2.45, 2.75) is 6.42 Å². The zero-order valence-electron chi connectivity index (χ0n) is 4.82. The number of hydrogen-bond acceptors (Lipinski definition) is 3. The van der Waals surface area contributed by atoms with Crippen LogP contribution in [-0.4, -0.2) is 12.0 Å². The van der Waals surface area contributed by atoms with E-state index < -0.39 is 0 Å². The van der Waals surface area contributed by atoms with E-state index in [2.05, 4.69) is 11.6 Å². The van der Waals surface area contributed by atoms with Gasteiger partial charge in [0, 0.05) is 25.4 Å². The Bertz CT molecular complexity index is 167. The molecule has 0 radical (unpaired) electrons. The van der Waals surface area contributed by atoms with Crippen LogP contribution in [0.15, 0.2) is 17.3 Å². The summed E-state index contributed by atoms with van der Waals surface area (Å²) >= 11 is 0. The summed E-state index contributed by atoms with van der Waals surface area (Å²) in [6.45, 7) is 3.50. The van der Waals surface area contributed by atoms with Crippen molar-refractivity contribution in [1.82, 2.24) is 0 Å². The van der Waals surface area contributed by atoms with E-state index in [0.717, 1.165) is 0 Å². The fraction of sp³-hybridized carbons (Fsp3) is 0.167. The highest BCUT2D eigenvalue weighted by atomic mass is 16.1. The molecule has 1 aliphatic heterocycles. The third-order valence-corrected chi connectivity index (χ3v) is 0.744. The Labute approximate surface area is 53.3 Å². The lowest BCUT2D eigenvalue weighted by Gasteiger charge is -1.88. The standard InChI is InChI=1S/C5H5NO.CHN/c7-5-1-3-6-4-2-5;1-2/h1,3-4H,2H2;1H. The molecule has 0 spiro atoms. The van der Waals surface area contributed by atoms with Gasteiger partial charge >= 0.3 is 0 Å². The van der Waals surface area contributed by atoms with Gasteiger partial charge in [-0.3, -0.25) is 9.79 Å². The summed E-state index contributed by atoms with van der Waals surface area (Å²) < 4.78 is 0. The summed E-state index contributed by atoms with van der Waals surface area (Å²) in [6.07, 6.45) is 5.05. The number of carbonyl (C=O) groups excluding carboxylic acids is 1. The van der Waals surface area contributed by atoms with Gasteiger partial charge in [0.2, 0.25) is 0 Å².